The minimum absolute atomic E-state index is 0.152. The largest absolute Gasteiger partial charge is 0.506 e. The van der Waals surface area contributed by atoms with Gasteiger partial charge in [0.2, 0.25) is 0 Å². The van der Waals surface area contributed by atoms with E-state index in [0.29, 0.717) is 0 Å². The highest BCUT2D eigenvalue weighted by atomic mass is 79.9. The molecule has 13 heavy (non-hydrogen) atoms. The van der Waals surface area contributed by atoms with Gasteiger partial charge in [0.05, 0.1) is 15.4 Å². The number of phenolic OH excluding ortho intramolecular Hbond substituents is 1. The van der Waals surface area contributed by atoms with Crippen LogP contribution in [0.5, 0.6) is 5.75 Å². The first kappa shape index (κ1) is 10.5. The molecule has 0 aromatic heterocycles. The molecule has 1 aromatic rings. The molecule has 0 saturated heterocycles. The van der Waals surface area contributed by atoms with Crippen LogP contribution >= 0.6 is 27.5 Å². The first-order valence-corrected chi connectivity index (χ1v) is 4.99. The number of Topliss-reactive ketones (excluding diaryl/α,β-unsaturated/α-hetero) is 1. The number of carbonyl (C=O) groups is 1. The molecule has 0 aliphatic rings. The number of rotatable bonds is 2. The second kappa shape index (κ2) is 4.11. The molecule has 70 valence electrons. The maximum atomic E-state index is 11.5. The minimum Gasteiger partial charge on any atom is -0.506 e. The standard InChI is InChI=1S/C9H8BrClO2/c1-5(10)8(12)6-3-2-4-7(11)9(6)13/h2-5,13H,1H3. The molecule has 0 fully saturated rings. The van der Waals surface area contributed by atoms with Crippen molar-refractivity contribution in [1.29, 1.82) is 0 Å². The molecule has 0 radical (unpaired) electrons. The van der Waals surface area contributed by atoms with E-state index in [0.717, 1.165) is 0 Å². The Hall–Kier alpha value is -0.540. The van der Waals surface area contributed by atoms with Crippen LogP contribution in [0.1, 0.15) is 17.3 Å². The Morgan fingerprint density at radius 1 is 1.62 bits per heavy atom. The first-order chi connectivity index (χ1) is 6.04. The van der Waals surface area contributed by atoms with Gasteiger partial charge in [0, 0.05) is 0 Å². The van der Waals surface area contributed by atoms with Crippen molar-refractivity contribution in [1.82, 2.24) is 0 Å². The number of benzene rings is 1. The highest BCUT2D eigenvalue weighted by molar-refractivity contribution is 9.10. The Labute approximate surface area is 89.7 Å². The van der Waals surface area contributed by atoms with Crippen LogP contribution in [0.15, 0.2) is 18.2 Å². The summed E-state index contributed by atoms with van der Waals surface area (Å²) in [6.07, 6.45) is 0. The molecule has 1 rings (SSSR count). The summed E-state index contributed by atoms with van der Waals surface area (Å²) in [5, 5.41) is 9.64. The summed E-state index contributed by atoms with van der Waals surface area (Å²) < 4.78 is 0. The zero-order valence-electron chi connectivity index (χ0n) is 6.92. The quantitative estimate of drug-likeness (QED) is 0.658. The maximum absolute atomic E-state index is 11.5. The lowest BCUT2D eigenvalue weighted by Crippen LogP contribution is -2.09. The summed E-state index contributed by atoms with van der Waals surface area (Å²) in [7, 11) is 0. The Morgan fingerprint density at radius 3 is 2.77 bits per heavy atom. The molecule has 1 atom stereocenters. The molecule has 0 heterocycles. The number of hydrogen-bond acceptors (Lipinski definition) is 2. The van der Waals surface area contributed by atoms with Gasteiger partial charge in [0.25, 0.3) is 0 Å². The van der Waals surface area contributed by atoms with Gasteiger partial charge in [-0.25, -0.2) is 0 Å². The van der Waals surface area contributed by atoms with E-state index in [2.05, 4.69) is 15.9 Å². The summed E-state index contributed by atoms with van der Waals surface area (Å²) in [5.74, 6) is -0.333. The van der Waals surface area contributed by atoms with Crippen molar-refractivity contribution in [2.45, 2.75) is 11.8 Å². The zero-order valence-corrected chi connectivity index (χ0v) is 9.26. The van der Waals surface area contributed by atoms with Gasteiger partial charge in [-0.1, -0.05) is 33.6 Å². The summed E-state index contributed by atoms with van der Waals surface area (Å²) in [4.78, 5) is 11.1. The van der Waals surface area contributed by atoms with E-state index in [1.54, 1.807) is 19.1 Å². The van der Waals surface area contributed by atoms with E-state index >= 15 is 0 Å². The van der Waals surface area contributed by atoms with Crippen LogP contribution in [-0.4, -0.2) is 15.7 Å². The Bertz CT molecular complexity index is 336. The van der Waals surface area contributed by atoms with Crippen LogP contribution in [0.3, 0.4) is 0 Å². The van der Waals surface area contributed by atoms with Crippen molar-refractivity contribution in [3.05, 3.63) is 28.8 Å². The Kier molecular flexibility index (Phi) is 3.33. The monoisotopic (exact) mass is 262 g/mol. The summed E-state index contributed by atoms with van der Waals surface area (Å²) >= 11 is 8.78. The minimum atomic E-state index is -0.322. The van der Waals surface area contributed by atoms with E-state index in [9.17, 15) is 9.90 Å². The second-order valence-electron chi connectivity index (χ2n) is 2.62. The van der Waals surface area contributed by atoms with Gasteiger partial charge >= 0.3 is 0 Å². The number of halogens is 2. The number of ketones is 1. The Morgan fingerprint density at radius 2 is 2.23 bits per heavy atom. The number of hydrogen-bond donors (Lipinski definition) is 1. The molecule has 1 aromatic carbocycles. The van der Waals surface area contributed by atoms with E-state index in [1.165, 1.54) is 6.07 Å². The predicted molar refractivity (Wildman–Crippen MR) is 55.8 cm³/mol. The van der Waals surface area contributed by atoms with Crippen molar-refractivity contribution in [3.8, 4) is 5.75 Å². The van der Waals surface area contributed by atoms with Gasteiger partial charge < -0.3 is 5.11 Å². The molecule has 4 heteroatoms. The van der Waals surface area contributed by atoms with E-state index in [4.69, 9.17) is 11.6 Å². The number of carbonyl (C=O) groups excluding carboxylic acids is 1. The van der Waals surface area contributed by atoms with E-state index in [1.807, 2.05) is 0 Å². The van der Waals surface area contributed by atoms with Crippen molar-refractivity contribution < 1.29 is 9.90 Å². The summed E-state index contributed by atoms with van der Waals surface area (Å²) in [6.45, 7) is 1.70. The molecule has 1 unspecified atom stereocenters. The summed E-state index contributed by atoms with van der Waals surface area (Å²) in [6, 6.07) is 4.71. The van der Waals surface area contributed by atoms with Crippen molar-refractivity contribution >= 4 is 33.3 Å². The molecular weight excluding hydrogens is 255 g/mol. The van der Waals surface area contributed by atoms with Crippen LogP contribution in [0.25, 0.3) is 0 Å². The fourth-order valence-corrected chi connectivity index (χ4v) is 1.35. The molecule has 0 amide bonds. The lowest BCUT2D eigenvalue weighted by molar-refractivity contribution is 0.0993. The topological polar surface area (TPSA) is 37.3 Å². The van der Waals surface area contributed by atoms with E-state index in [-0.39, 0.29) is 26.9 Å². The highest BCUT2D eigenvalue weighted by Crippen LogP contribution is 2.28. The van der Waals surface area contributed by atoms with Crippen LogP contribution in [-0.2, 0) is 0 Å². The van der Waals surface area contributed by atoms with Gasteiger partial charge in [0.15, 0.2) is 5.78 Å². The molecule has 0 aliphatic heterocycles. The van der Waals surface area contributed by atoms with Crippen LogP contribution in [0.2, 0.25) is 5.02 Å². The third-order valence-corrected chi connectivity index (χ3v) is 2.33. The van der Waals surface area contributed by atoms with E-state index < -0.39 is 0 Å². The van der Waals surface area contributed by atoms with Gasteiger partial charge in [-0.05, 0) is 19.1 Å². The fraction of sp³-hybridized carbons (Fsp3) is 0.222. The van der Waals surface area contributed by atoms with Crippen molar-refractivity contribution in [2.24, 2.45) is 0 Å². The molecule has 0 spiro atoms. The molecule has 1 N–H and O–H groups in total. The molecule has 2 nitrogen and oxygen atoms in total. The molecular formula is C9H8BrClO2. The highest BCUT2D eigenvalue weighted by Gasteiger charge is 2.16. The van der Waals surface area contributed by atoms with Crippen LogP contribution in [0, 0.1) is 0 Å². The lowest BCUT2D eigenvalue weighted by atomic mass is 10.1. The van der Waals surface area contributed by atoms with Crippen molar-refractivity contribution in [2.75, 3.05) is 0 Å². The third kappa shape index (κ3) is 2.23. The zero-order chi connectivity index (χ0) is 10.0. The molecule has 0 bridgehead atoms. The van der Waals surface area contributed by atoms with Gasteiger partial charge in [-0.15, -0.1) is 0 Å². The van der Waals surface area contributed by atoms with Gasteiger partial charge in [0.1, 0.15) is 5.75 Å². The average Bonchev–Trinajstić information content (AvgIpc) is 2.08. The van der Waals surface area contributed by atoms with Crippen LogP contribution in [0.4, 0.5) is 0 Å². The smallest absolute Gasteiger partial charge is 0.179 e. The van der Waals surface area contributed by atoms with Crippen LogP contribution < -0.4 is 0 Å². The normalized spacial score (nSPS) is 12.5. The van der Waals surface area contributed by atoms with Crippen molar-refractivity contribution in [3.63, 3.8) is 0 Å². The SMILES string of the molecule is CC(Br)C(=O)c1cccc(Cl)c1O. The number of para-hydroxylation sites is 1. The third-order valence-electron chi connectivity index (χ3n) is 1.61. The summed E-state index contributed by atoms with van der Waals surface area (Å²) in [5.41, 5.74) is 0.247. The lowest BCUT2D eigenvalue weighted by Gasteiger charge is -2.05. The number of alkyl halides is 1. The van der Waals surface area contributed by atoms with Gasteiger partial charge in [-0.2, -0.15) is 0 Å². The molecule has 0 aliphatic carbocycles. The number of aromatic hydroxyl groups is 1. The fourth-order valence-electron chi connectivity index (χ4n) is 0.928. The second-order valence-corrected chi connectivity index (χ2v) is 4.40. The van der Waals surface area contributed by atoms with Gasteiger partial charge in [-0.3, -0.25) is 4.79 Å². The predicted octanol–water partition coefficient (Wildman–Crippen LogP) is 3.01. The average molecular weight is 264 g/mol. The first-order valence-electron chi connectivity index (χ1n) is 3.69. The number of phenols is 1. The molecule has 0 saturated carbocycles. The maximum Gasteiger partial charge on any atom is 0.179 e. The Balaban J connectivity index is 3.15.